The van der Waals surface area contributed by atoms with Crippen LogP contribution in [-0.2, 0) is 0 Å². The zero-order valence-corrected chi connectivity index (χ0v) is 10.7. The van der Waals surface area contributed by atoms with Crippen LogP contribution in [0, 0.1) is 11.3 Å². The Morgan fingerprint density at radius 1 is 1.06 bits per heavy atom. The molecule has 0 aliphatic heterocycles. The van der Waals surface area contributed by atoms with Crippen LogP contribution in [0.15, 0.2) is 0 Å². The summed E-state index contributed by atoms with van der Waals surface area (Å²) in [6.07, 6.45) is 11.6. The number of nitriles is 1. The van der Waals surface area contributed by atoms with Gasteiger partial charge in [0, 0.05) is 19.0 Å². The molecule has 0 unspecified atom stereocenters. The Labute approximate surface area is 101 Å². The van der Waals surface area contributed by atoms with Crippen molar-refractivity contribution < 1.29 is 0 Å². The van der Waals surface area contributed by atoms with E-state index in [1.807, 2.05) is 0 Å². The molecule has 0 N–H and O–H groups in total. The molecule has 0 saturated heterocycles. The number of hydrogen-bond donors (Lipinski definition) is 0. The van der Waals surface area contributed by atoms with Crippen molar-refractivity contribution in [2.24, 2.45) is 0 Å². The van der Waals surface area contributed by atoms with E-state index in [0.29, 0.717) is 6.42 Å². The van der Waals surface area contributed by atoms with Gasteiger partial charge >= 0.3 is 0 Å². The molecule has 0 atom stereocenters. The van der Waals surface area contributed by atoms with Gasteiger partial charge in [-0.25, -0.2) is 0 Å². The van der Waals surface area contributed by atoms with Crippen LogP contribution in [0.2, 0.25) is 0 Å². The van der Waals surface area contributed by atoms with Crippen LogP contribution in [0.1, 0.15) is 64.7 Å². The van der Waals surface area contributed by atoms with E-state index in [-0.39, 0.29) is 0 Å². The number of nitrogens with zero attached hydrogens (tertiary/aromatic N) is 2. The number of unbranched alkanes of at least 4 members (excludes halogenated alkanes) is 5. The first-order valence-corrected chi connectivity index (χ1v) is 6.99. The Morgan fingerprint density at radius 2 is 1.75 bits per heavy atom. The minimum absolute atomic E-state index is 0.701. The maximum atomic E-state index is 8.61. The second-order valence-electron chi connectivity index (χ2n) is 4.94. The topological polar surface area (TPSA) is 27.0 Å². The summed E-state index contributed by atoms with van der Waals surface area (Å²) in [7, 11) is 0. The summed E-state index contributed by atoms with van der Waals surface area (Å²) in [5.41, 5.74) is 0. The van der Waals surface area contributed by atoms with E-state index in [2.05, 4.69) is 17.9 Å². The molecule has 0 aromatic carbocycles. The van der Waals surface area contributed by atoms with E-state index in [0.717, 1.165) is 12.6 Å². The van der Waals surface area contributed by atoms with Gasteiger partial charge in [-0.2, -0.15) is 5.26 Å². The molecule has 0 heterocycles. The molecule has 0 spiro atoms. The van der Waals surface area contributed by atoms with E-state index >= 15 is 0 Å². The summed E-state index contributed by atoms with van der Waals surface area (Å²) < 4.78 is 0. The minimum Gasteiger partial charge on any atom is -0.299 e. The van der Waals surface area contributed by atoms with Crippen molar-refractivity contribution in [1.82, 2.24) is 4.90 Å². The highest BCUT2D eigenvalue weighted by molar-refractivity contribution is 4.86. The zero-order chi connectivity index (χ0) is 11.6. The largest absolute Gasteiger partial charge is 0.299 e. The second-order valence-corrected chi connectivity index (χ2v) is 4.94. The van der Waals surface area contributed by atoms with Crippen molar-refractivity contribution in [3.63, 3.8) is 0 Å². The summed E-state index contributed by atoms with van der Waals surface area (Å²) in [6.45, 7) is 4.48. The average molecular weight is 222 g/mol. The second kappa shape index (κ2) is 8.58. The molecule has 0 bridgehead atoms. The van der Waals surface area contributed by atoms with Crippen molar-refractivity contribution in [2.45, 2.75) is 70.8 Å². The quantitative estimate of drug-likeness (QED) is 0.527. The smallest absolute Gasteiger partial charge is 0.0635 e. The van der Waals surface area contributed by atoms with E-state index < -0.39 is 0 Å². The third kappa shape index (κ3) is 6.12. The molecule has 2 nitrogen and oxygen atoms in total. The van der Waals surface area contributed by atoms with Gasteiger partial charge in [-0.1, -0.05) is 39.0 Å². The molecular formula is C14H26N2. The predicted octanol–water partition coefficient (Wildman–Crippen LogP) is 3.72. The maximum absolute atomic E-state index is 8.61. The summed E-state index contributed by atoms with van der Waals surface area (Å²) >= 11 is 0. The lowest BCUT2D eigenvalue weighted by molar-refractivity contribution is 0.262. The highest BCUT2D eigenvalue weighted by Gasteiger charge is 2.27. The first kappa shape index (κ1) is 13.5. The lowest BCUT2D eigenvalue weighted by Gasteiger charge is -2.20. The molecule has 1 fully saturated rings. The molecule has 1 saturated carbocycles. The fourth-order valence-corrected chi connectivity index (χ4v) is 2.21. The van der Waals surface area contributed by atoms with Crippen LogP contribution >= 0.6 is 0 Å². The van der Waals surface area contributed by atoms with Crippen molar-refractivity contribution in [3.8, 4) is 6.07 Å². The third-order valence-corrected chi connectivity index (χ3v) is 3.37. The van der Waals surface area contributed by atoms with E-state index in [9.17, 15) is 0 Å². The molecule has 16 heavy (non-hydrogen) atoms. The monoisotopic (exact) mass is 222 g/mol. The Balaban J connectivity index is 1.97. The van der Waals surface area contributed by atoms with Crippen molar-refractivity contribution in [3.05, 3.63) is 0 Å². The Morgan fingerprint density at radius 3 is 2.38 bits per heavy atom. The normalized spacial score (nSPS) is 15.3. The van der Waals surface area contributed by atoms with Crippen LogP contribution in [0.3, 0.4) is 0 Å². The van der Waals surface area contributed by atoms with E-state index in [1.165, 1.54) is 57.9 Å². The molecule has 1 rings (SSSR count). The van der Waals surface area contributed by atoms with Crippen LogP contribution in [-0.4, -0.2) is 24.0 Å². The average Bonchev–Trinajstić information content (AvgIpc) is 3.11. The van der Waals surface area contributed by atoms with Gasteiger partial charge in [-0.3, -0.25) is 4.90 Å². The maximum Gasteiger partial charge on any atom is 0.0635 e. The third-order valence-electron chi connectivity index (χ3n) is 3.37. The van der Waals surface area contributed by atoms with Gasteiger partial charge in [0.2, 0.25) is 0 Å². The molecule has 92 valence electrons. The molecule has 0 aromatic heterocycles. The lowest BCUT2D eigenvalue weighted by atomic mass is 10.1. The van der Waals surface area contributed by atoms with Crippen LogP contribution in [0.4, 0.5) is 0 Å². The van der Waals surface area contributed by atoms with Crippen LogP contribution in [0.5, 0.6) is 0 Å². The summed E-state index contributed by atoms with van der Waals surface area (Å²) in [5.74, 6) is 0. The standard InChI is InChI=1S/C14H26N2/c1-2-3-4-5-6-7-12-16(13-8-11-15)14-9-10-14/h14H,2-10,12-13H2,1H3. The molecule has 1 aliphatic rings. The van der Waals surface area contributed by atoms with Crippen LogP contribution < -0.4 is 0 Å². The predicted molar refractivity (Wildman–Crippen MR) is 68.2 cm³/mol. The Bertz CT molecular complexity index is 203. The van der Waals surface area contributed by atoms with Gasteiger partial charge in [0.1, 0.15) is 0 Å². The van der Waals surface area contributed by atoms with E-state index in [4.69, 9.17) is 5.26 Å². The minimum atomic E-state index is 0.701. The van der Waals surface area contributed by atoms with Gasteiger partial charge in [-0.05, 0) is 25.8 Å². The Kier molecular flexibility index (Phi) is 7.25. The van der Waals surface area contributed by atoms with Crippen molar-refractivity contribution in [2.75, 3.05) is 13.1 Å². The van der Waals surface area contributed by atoms with Crippen molar-refractivity contribution in [1.29, 1.82) is 5.26 Å². The zero-order valence-electron chi connectivity index (χ0n) is 10.7. The number of hydrogen-bond acceptors (Lipinski definition) is 2. The summed E-state index contributed by atoms with van der Waals surface area (Å²) in [6, 6.07) is 3.08. The fourth-order valence-electron chi connectivity index (χ4n) is 2.21. The molecule has 1 aliphatic carbocycles. The van der Waals surface area contributed by atoms with E-state index in [1.54, 1.807) is 0 Å². The molecule has 0 aromatic rings. The summed E-state index contributed by atoms with van der Waals surface area (Å²) in [5, 5.41) is 8.61. The molecular weight excluding hydrogens is 196 g/mol. The molecule has 2 heteroatoms. The number of rotatable bonds is 10. The van der Waals surface area contributed by atoms with Gasteiger partial charge in [0.15, 0.2) is 0 Å². The summed E-state index contributed by atoms with van der Waals surface area (Å²) in [4.78, 5) is 2.53. The SMILES string of the molecule is CCCCCCCCN(CCC#N)C1CC1. The first-order valence-electron chi connectivity index (χ1n) is 6.99. The van der Waals surface area contributed by atoms with Gasteiger partial charge < -0.3 is 0 Å². The highest BCUT2D eigenvalue weighted by atomic mass is 15.2. The lowest BCUT2D eigenvalue weighted by Crippen LogP contribution is -2.28. The van der Waals surface area contributed by atoms with Crippen LogP contribution in [0.25, 0.3) is 0 Å². The van der Waals surface area contributed by atoms with Crippen molar-refractivity contribution >= 4 is 0 Å². The first-order chi connectivity index (χ1) is 7.88. The van der Waals surface area contributed by atoms with Gasteiger partial charge in [-0.15, -0.1) is 0 Å². The van der Waals surface area contributed by atoms with Gasteiger partial charge in [0.05, 0.1) is 6.07 Å². The fraction of sp³-hybridized carbons (Fsp3) is 0.929. The molecule has 0 radical (unpaired) electrons. The Hall–Kier alpha value is -0.550. The molecule has 0 amide bonds. The van der Waals surface area contributed by atoms with Gasteiger partial charge in [0.25, 0.3) is 0 Å². The highest BCUT2D eigenvalue weighted by Crippen LogP contribution is 2.27.